The second-order valence-electron chi connectivity index (χ2n) is 0.513. The number of hydrogen-bond acceptors (Lipinski definition) is 1. The van der Waals surface area contributed by atoms with Gasteiger partial charge in [-0.25, -0.2) is 4.57 Å². The van der Waals surface area contributed by atoms with Crippen LogP contribution in [0.4, 0.5) is 0 Å². The van der Waals surface area contributed by atoms with E-state index in [4.69, 9.17) is 19.2 Å². The second kappa shape index (κ2) is 22.5. The summed E-state index contributed by atoms with van der Waals surface area (Å²) in [4.78, 5) is 21.6. The maximum absolute atomic E-state index is 8.88. The van der Waals surface area contributed by atoms with E-state index in [1.807, 2.05) is 0 Å². The molecule has 0 heterocycles. The molecular weight excluding hydrogens is 290 g/mol. The molecule has 0 bridgehead atoms. The van der Waals surface area contributed by atoms with Crippen LogP contribution in [-0.4, -0.2) is 272 Å². The Hall–Kier alpha value is 8.29. The topological polar surface area (TPSA) is 77.8 Å². The Kier molecular flexibility index (Phi) is 81.3. The molecular formula is H8K5O4P. The molecule has 0 saturated carbocycles. The monoisotopic (exact) mass is 298 g/mol. The third-order valence-electron chi connectivity index (χ3n) is 0. The predicted octanol–water partition coefficient (Wildman–Crippen LogP) is -4.17. The zero-order chi connectivity index (χ0) is 4.50. The molecule has 0 spiro atoms. The van der Waals surface area contributed by atoms with E-state index in [-0.39, 0.29) is 257 Å². The molecule has 0 aliphatic heterocycles. The van der Waals surface area contributed by atoms with E-state index in [1.54, 1.807) is 0 Å². The van der Waals surface area contributed by atoms with Crippen molar-refractivity contribution in [2.45, 2.75) is 0 Å². The minimum absolute atomic E-state index is 0. The van der Waals surface area contributed by atoms with E-state index in [2.05, 4.69) is 0 Å². The van der Waals surface area contributed by atoms with Gasteiger partial charge in [0.05, 0.1) is 0 Å². The van der Waals surface area contributed by atoms with E-state index >= 15 is 0 Å². The van der Waals surface area contributed by atoms with Gasteiger partial charge in [0.1, 0.15) is 0 Å². The predicted molar refractivity (Wildman–Crippen MR) is 50.0 cm³/mol. The fourth-order valence-electron chi connectivity index (χ4n) is 0. The Balaban J connectivity index is -0.00000000800. The standard InChI is InChI=1S/5K.H3O4P.5H/c;;;;;1-5(2,3)4;;;;;/h;;;;;(H3,1,2,3,4);;;;;. The summed E-state index contributed by atoms with van der Waals surface area (Å²) in [6.07, 6.45) is 0. The fraction of sp³-hybridized carbons (Fsp3) is 0. The van der Waals surface area contributed by atoms with Crippen molar-refractivity contribution in [1.29, 1.82) is 0 Å². The molecule has 0 aromatic heterocycles. The number of hydrogen-bond donors (Lipinski definition) is 3. The van der Waals surface area contributed by atoms with Crippen molar-refractivity contribution in [2.24, 2.45) is 0 Å². The first-order valence-corrected chi connectivity index (χ1v) is 2.35. The van der Waals surface area contributed by atoms with E-state index in [9.17, 15) is 0 Å². The van der Waals surface area contributed by atoms with Crippen molar-refractivity contribution < 1.29 is 19.2 Å². The summed E-state index contributed by atoms with van der Waals surface area (Å²) in [7, 11) is -4.64. The molecule has 0 amide bonds. The van der Waals surface area contributed by atoms with E-state index in [1.165, 1.54) is 0 Å². The Bertz CT molecular complexity index is 59.8. The molecule has 4 nitrogen and oxygen atoms in total. The average Bonchev–Trinajstić information content (AvgIpc) is 0.722. The van der Waals surface area contributed by atoms with Gasteiger partial charge >= 0.3 is 265 Å². The maximum atomic E-state index is 8.88. The summed E-state index contributed by atoms with van der Waals surface area (Å²) >= 11 is 0. The molecule has 0 unspecified atom stereocenters. The van der Waals surface area contributed by atoms with Gasteiger partial charge < -0.3 is 14.7 Å². The third-order valence-corrected chi connectivity index (χ3v) is 0. The number of rotatable bonds is 0. The molecule has 0 fully saturated rings. The van der Waals surface area contributed by atoms with Crippen molar-refractivity contribution in [3.05, 3.63) is 0 Å². The zero-order valence-electron chi connectivity index (χ0n) is 2.20. The van der Waals surface area contributed by atoms with Crippen molar-refractivity contribution in [1.82, 2.24) is 0 Å². The summed E-state index contributed by atoms with van der Waals surface area (Å²) < 4.78 is 8.88. The Morgan fingerprint density at radius 1 is 0.700 bits per heavy atom. The Morgan fingerprint density at radius 2 is 0.700 bits per heavy atom. The van der Waals surface area contributed by atoms with Crippen LogP contribution in [0.5, 0.6) is 0 Å². The van der Waals surface area contributed by atoms with Gasteiger partial charge in [0.25, 0.3) is 0 Å². The van der Waals surface area contributed by atoms with Gasteiger partial charge in [0, 0.05) is 0 Å². The summed E-state index contributed by atoms with van der Waals surface area (Å²) in [5.74, 6) is 0. The van der Waals surface area contributed by atoms with Crippen LogP contribution >= 0.6 is 7.82 Å². The van der Waals surface area contributed by atoms with Crippen molar-refractivity contribution in [3.8, 4) is 0 Å². The Morgan fingerprint density at radius 3 is 0.700 bits per heavy atom. The summed E-state index contributed by atoms with van der Waals surface area (Å²) in [6.45, 7) is 0. The van der Waals surface area contributed by atoms with Gasteiger partial charge in [-0.2, -0.15) is 0 Å². The molecule has 0 atom stereocenters. The third kappa shape index (κ3) is 55.4. The van der Waals surface area contributed by atoms with E-state index in [0.29, 0.717) is 0 Å². The van der Waals surface area contributed by atoms with Crippen LogP contribution in [0, 0.1) is 0 Å². The van der Waals surface area contributed by atoms with Crippen LogP contribution in [0.3, 0.4) is 0 Å². The van der Waals surface area contributed by atoms with Crippen LogP contribution in [0.2, 0.25) is 0 Å². The van der Waals surface area contributed by atoms with Crippen LogP contribution in [0.15, 0.2) is 0 Å². The molecule has 0 saturated heterocycles. The fourth-order valence-corrected chi connectivity index (χ4v) is 0. The van der Waals surface area contributed by atoms with E-state index < -0.39 is 7.82 Å². The summed E-state index contributed by atoms with van der Waals surface area (Å²) in [5.41, 5.74) is 0. The molecule has 42 valence electrons. The SMILES string of the molecule is O=P(O)(O)O.[KH].[KH].[KH].[KH].[KH]. The molecule has 10 heteroatoms. The molecule has 3 N–H and O–H groups in total. The van der Waals surface area contributed by atoms with Crippen molar-refractivity contribution in [2.75, 3.05) is 0 Å². The zero-order valence-corrected chi connectivity index (χ0v) is 3.09. The van der Waals surface area contributed by atoms with Gasteiger partial charge in [-0.05, 0) is 0 Å². The van der Waals surface area contributed by atoms with E-state index in [0.717, 1.165) is 0 Å². The van der Waals surface area contributed by atoms with Gasteiger partial charge in [0.15, 0.2) is 0 Å². The van der Waals surface area contributed by atoms with Crippen LogP contribution in [0.1, 0.15) is 0 Å². The van der Waals surface area contributed by atoms with Crippen molar-refractivity contribution in [3.63, 3.8) is 0 Å². The summed E-state index contributed by atoms with van der Waals surface area (Å²) in [5, 5.41) is 0. The van der Waals surface area contributed by atoms with Crippen LogP contribution < -0.4 is 0 Å². The Labute approximate surface area is 273 Å². The minimum atomic E-state index is -4.64. The van der Waals surface area contributed by atoms with Gasteiger partial charge in [-0.15, -0.1) is 0 Å². The molecule has 0 radical (unpaired) electrons. The molecule has 0 aromatic rings. The summed E-state index contributed by atoms with van der Waals surface area (Å²) in [6, 6.07) is 0. The second-order valence-corrected chi connectivity index (χ2v) is 1.54. The molecule has 0 rings (SSSR count). The first-order chi connectivity index (χ1) is 2.00. The van der Waals surface area contributed by atoms with Crippen LogP contribution in [-0.2, 0) is 4.57 Å². The quantitative estimate of drug-likeness (QED) is 0.313. The van der Waals surface area contributed by atoms with Crippen LogP contribution in [0.25, 0.3) is 0 Å². The molecule has 10 heavy (non-hydrogen) atoms. The molecule has 0 aliphatic rings. The normalized spacial score (nSPS) is 5.90. The van der Waals surface area contributed by atoms with Gasteiger partial charge in [0.2, 0.25) is 0 Å². The number of phosphoric acid groups is 1. The molecule has 0 aliphatic carbocycles. The van der Waals surface area contributed by atoms with Crippen molar-refractivity contribution >= 4 is 265 Å². The average molecular weight is 299 g/mol. The van der Waals surface area contributed by atoms with Gasteiger partial charge in [-0.3, -0.25) is 0 Å². The first kappa shape index (κ1) is 36.2. The molecule has 0 aromatic carbocycles. The van der Waals surface area contributed by atoms with Gasteiger partial charge in [-0.1, -0.05) is 0 Å². The first-order valence-electron chi connectivity index (χ1n) is 0.783.